The summed E-state index contributed by atoms with van der Waals surface area (Å²) in [7, 11) is -3.50. The number of sulfone groups is 1. The van der Waals surface area contributed by atoms with Gasteiger partial charge in [0.05, 0.1) is 5.25 Å². The lowest BCUT2D eigenvalue weighted by Gasteiger charge is -2.26. The molecule has 5 nitrogen and oxygen atoms in total. The first-order valence-corrected chi connectivity index (χ1v) is 8.95. The molecule has 2 unspecified atom stereocenters. The summed E-state index contributed by atoms with van der Waals surface area (Å²) in [6.07, 6.45) is 4.50. The molecule has 0 saturated heterocycles. The number of nitrogen functional groups attached to an aromatic ring is 1. The van der Waals surface area contributed by atoms with Gasteiger partial charge in [0, 0.05) is 11.8 Å². The molecule has 1 fully saturated rings. The zero-order valence-corrected chi connectivity index (χ0v) is 12.9. The summed E-state index contributed by atoms with van der Waals surface area (Å²) in [6, 6.07) is 4.98. The molecule has 0 radical (unpaired) electrons. The summed E-state index contributed by atoms with van der Waals surface area (Å²) in [5, 5.41) is -0.536. The van der Waals surface area contributed by atoms with E-state index < -0.39 is 9.84 Å². The van der Waals surface area contributed by atoms with Crippen LogP contribution in [0.2, 0.25) is 0 Å². The lowest BCUT2D eigenvalue weighted by atomic mass is 9.87. The number of fused-ring (bicyclic) bond motifs is 1. The van der Waals surface area contributed by atoms with Crippen LogP contribution >= 0.6 is 0 Å². The molecular formula is C15H20N2O3S. The van der Waals surface area contributed by atoms with Crippen molar-refractivity contribution < 1.29 is 12.8 Å². The first-order chi connectivity index (χ1) is 10.0. The molecule has 114 valence electrons. The van der Waals surface area contributed by atoms with Crippen LogP contribution in [0.1, 0.15) is 39.0 Å². The molecule has 0 bridgehead atoms. The molecule has 2 N–H and O–H groups in total. The van der Waals surface area contributed by atoms with Gasteiger partial charge in [-0.15, -0.1) is 0 Å². The van der Waals surface area contributed by atoms with Crippen LogP contribution in [0.3, 0.4) is 0 Å². The van der Waals surface area contributed by atoms with E-state index in [-0.39, 0.29) is 10.5 Å². The molecule has 1 aromatic carbocycles. The normalized spacial score (nSPS) is 23.5. The Bertz CT molecular complexity index is 751. The Kier molecular flexibility index (Phi) is 3.65. The Morgan fingerprint density at radius 3 is 2.95 bits per heavy atom. The second-order valence-electron chi connectivity index (χ2n) is 5.81. The predicted octanol–water partition coefficient (Wildman–Crippen LogP) is 3.15. The van der Waals surface area contributed by atoms with Gasteiger partial charge >= 0.3 is 5.22 Å². The fourth-order valence-corrected chi connectivity index (χ4v) is 4.80. The highest BCUT2D eigenvalue weighted by atomic mass is 32.2. The maximum absolute atomic E-state index is 12.7. The number of anilines is 1. The van der Waals surface area contributed by atoms with Crippen molar-refractivity contribution in [2.45, 2.75) is 49.5 Å². The van der Waals surface area contributed by atoms with Crippen LogP contribution in [-0.4, -0.2) is 18.7 Å². The van der Waals surface area contributed by atoms with Crippen molar-refractivity contribution in [2.24, 2.45) is 5.92 Å². The smallest absolute Gasteiger partial charge is 0.316 e. The number of nitrogens with zero attached hydrogens (tertiary/aromatic N) is 1. The van der Waals surface area contributed by atoms with Crippen molar-refractivity contribution >= 4 is 26.6 Å². The van der Waals surface area contributed by atoms with Crippen LogP contribution in [0.25, 0.3) is 11.1 Å². The minimum absolute atomic E-state index is 0.162. The number of hydrogen-bond acceptors (Lipinski definition) is 5. The molecule has 2 aromatic rings. The topological polar surface area (TPSA) is 86.2 Å². The molecule has 0 aliphatic heterocycles. The second-order valence-corrected chi connectivity index (χ2v) is 7.92. The number of benzene rings is 1. The van der Waals surface area contributed by atoms with Gasteiger partial charge in [-0.1, -0.05) is 26.2 Å². The van der Waals surface area contributed by atoms with Crippen LogP contribution < -0.4 is 5.73 Å². The van der Waals surface area contributed by atoms with E-state index in [1.54, 1.807) is 18.2 Å². The number of aromatic nitrogens is 1. The molecule has 1 heterocycles. The molecule has 1 aromatic heterocycles. The standard InChI is InChI=1S/C15H20N2O3S/c1-2-10-4-3-5-12(8-10)21(18,19)15-17-13-7-6-11(16)9-14(13)20-15/h6-7,9-10,12H,2-5,8,16H2,1H3. The zero-order valence-electron chi connectivity index (χ0n) is 12.1. The van der Waals surface area contributed by atoms with Gasteiger partial charge in [-0.3, -0.25) is 0 Å². The quantitative estimate of drug-likeness (QED) is 0.880. The zero-order chi connectivity index (χ0) is 15.0. The molecule has 3 rings (SSSR count). The summed E-state index contributed by atoms with van der Waals surface area (Å²) in [4.78, 5) is 4.14. The van der Waals surface area contributed by atoms with Crippen molar-refractivity contribution in [3.8, 4) is 0 Å². The number of rotatable bonds is 3. The summed E-state index contributed by atoms with van der Waals surface area (Å²) < 4.78 is 30.9. The average Bonchev–Trinajstić information content (AvgIpc) is 2.91. The van der Waals surface area contributed by atoms with E-state index in [1.165, 1.54) is 0 Å². The fourth-order valence-electron chi connectivity index (χ4n) is 3.08. The van der Waals surface area contributed by atoms with Crippen LogP contribution in [0.4, 0.5) is 5.69 Å². The first-order valence-electron chi connectivity index (χ1n) is 7.40. The third-order valence-electron chi connectivity index (χ3n) is 4.39. The van der Waals surface area contributed by atoms with Crippen molar-refractivity contribution in [1.29, 1.82) is 0 Å². The molecule has 21 heavy (non-hydrogen) atoms. The maximum atomic E-state index is 12.7. The molecule has 1 aliphatic carbocycles. The lowest BCUT2D eigenvalue weighted by Crippen LogP contribution is -2.28. The van der Waals surface area contributed by atoms with Gasteiger partial charge in [-0.25, -0.2) is 8.42 Å². The van der Waals surface area contributed by atoms with E-state index in [2.05, 4.69) is 11.9 Å². The van der Waals surface area contributed by atoms with Crippen molar-refractivity contribution in [1.82, 2.24) is 4.98 Å². The van der Waals surface area contributed by atoms with E-state index in [9.17, 15) is 8.42 Å². The van der Waals surface area contributed by atoms with Crippen molar-refractivity contribution in [3.63, 3.8) is 0 Å². The van der Waals surface area contributed by atoms with E-state index in [0.29, 0.717) is 35.5 Å². The Morgan fingerprint density at radius 1 is 1.38 bits per heavy atom. The van der Waals surface area contributed by atoms with Gasteiger partial charge in [-0.2, -0.15) is 4.98 Å². The Hall–Kier alpha value is -1.56. The maximum Gasteiger partial charge on any atom is 0.316 e. The summed E-state index contributed by atoms with van der Waals surface area (Å²) >= 11 is 0. The predicted molar refractivity (Wildman–Crippen MR) is 81.6 cm³/mol. The van der Waals surface area contributed by atoms with E-state index >= 15 is 0 Å². The minimum Gasteiger partial charge on any atom is -0.428 e. The molecule has 0 spiro atoms. The molecule has 2 atom stereocenters. The average molecular weight is 308 g/mol. The van der Waals surface area contributed by atoms with Gasteiger partial charge in [0.15, 0.2) is 5.58 Å². The van der Waals surface area contributed by atoms with Gasteiger partial charge in [0.25, 0.3) is 0 Å². The third-order valence-corrected chi connectivity index (χ3v) is 6.35. The number of oxazole rings is 1. The van der Waals surface area contributed by atoms with Crippen LogP contribution in [0.15, 0.2) is 27.8 Å². The Morgan fingerprint density at radius 2 is 2.19 bits per heavy atom. The molecular weight excluding hydrogens is 288 g/mol. The Labute approximate surface area is 124 Å². The van der Waals surface area contributed by atoms with E-state index in [0.717, 1.165) is 19.3 Å². The van der Waals surface area contributed by atoms with Gasteiger partial charge < -0.3 is 10.2 Å². The number of nitrogens with two attached hydrogens (primary N) is 1. The fraction of sp³-hybridized carbons (Fsp3) is 0.533. The largest absolute Gasteiger partial charge is 0.428 e. The lowest BCUT2D eigenvalue weighted by molar-refractivity contribution is 0.343. The first kappa shape index (κ1) is 14.4. The minimum atomic E-state index is -3.50. The molecule has 6 heteroatoms. The van der Waals surface area contributed by atoms with Crippen molar-refractivity contribution in [2.75, 3.05) is 5.73 Å². The second kappa shape index (κ2) is 5.33. The highest BCUT2D eigenvalue weighted by Gasteiger charge is 2.35. The summed E-state index contributed by atoms with van der Waals surface area (Å²) in [5.41, 5.74) is 7.18. The Balaban J connectivity index is 1.95. The summed E-state index contributed by atoms with van der Waals surface area (Å²) in [5.74, 6) is 0.485. The van der Waals surface area contributed by atoms with Crippen LogP contribution in [0.5, 0.6) is 0 Å². The highest BCUT2D eigenvalue weighted by molar-refractivity contribution is 7.91. The van der Waals surface area contributed by atoms with Crippen LogP contribution in [-0.2, 0) is 9.84 Å². The van der Waals surface area contributed by atoms with Gasteiger partial charge in [-0.05, 0) is 30.9 Å². The third kappa shape index (κ3) is 2.64. The highest BCUT2D eigenvalue weighted by Crippen LogP contribution is 2.34. The molecule has 1 aliphatic rings. The molecule has 0 amide bonds. The van der Waals surface area contributed by atoms with Crippen molar-refractivity contribution in [3.05, 3.63) is 18.2 Å². The number of hydrogen-bond donors (Lipinski definition) is 1. The van der Waals surface area contributed by atoms with Gasteiger partial charge in [0.1, 0.15) is 5.52 Å². The van der Waals surface area contributed by atoms with Crippen LogP contribution in [0, 0.1) is 5.92 Å². The van der Waals surface area contributed by atoms with E-state index in [1.807, 2.05) is 0 Å². The SMILES string of the molecule is CCC1CCCC(S(=O)(=O)c2nc3ccc(N)cc3o2)C1. The van der Waals surface area contributed by atoms with Gasteiger partial charge in [0.2, 0.25) is 9.84 Å². The monoisotopic (exact) mass is 308 g/mol. The summed E-state index contributed by atoms with van der Waals surface area (Å²) in [6.45, 7) is 2.11. The van der Waals surface area contributed by atoms with E-state index in [4.69, 9.17) is 10.2 Å². The molecule has 1 saturated carbocycles.